The normalized spacial score (nSPS) is 29.9. The first-order valence-electron chi connectivity index (χ1n) is 6.81. The number of carbonyl (C=O) groups is 3. The Morgan fingerprint density at radius 1 is 1.48 bits per heavy atom. The summed E-state index contributed by atoms with van der Waals surface area (Å²) < 4.78 is 4.39. The van der Waals surface area contributed by atoms with Gasteiger partial charge in [-0.25, -0.2) is 9.59 Å². The average molecular weight is 316 g/mol. The molecule has 0 bridgehead atoms. The van der Waals surface area contributed by atoms with E-state index in [1.165, 1.54) is 16.7 Å². The van der Waals surface area contributed by atoms with Crippen LogP contribution < -0.4 is 5.32 Å². The summed E-state index contributed by atoms with van der Waals surface area (Å²) in [6.07, 6.45) is -0.640. The third-order valence-corrected chi connectivity index (χ3v) is 5.07. The number of rotatable bonds is 4. The van der Waals surface area contributed by atoms with Crippen molar-refractivity contribution >= 4 is 29.7 Å². The highest BCUT2D eigenvalue weighted by Crippen LogP contribution is 2.50. The molecule has 0 spiro atoms. The minimum Gasteiger partial charge on any atom is -0.480 e. The van der Waals surface area contributed by atoms with Crippen LogP contribution in [0.1, 0.15) is 27.7 Å². The molecule has 0 aromatic rings. The van der Waals surface area contributed by atoms with Crippen molar-refractivity contribution in [2.24, 2.45) is 5.92 Å². The lowest BCUT2D eigenvalue weighted by Gasteiger charge is -2.43. The number of amides is 2. The molecule has 2 N–H and O–H groups in total. The second-order valence-electron chi connectivity index (χ2n) is 6.21. The minimum absolute atomic E-state index is 0.209. The Morgan fingerprint density at radius 2 is 2.10 bits per heavy atom. The summed E-state index contributed by atoms with van der Waals surface area (Å²) in [5, 5.41) is 11.5. The molecule has 7 nitrogen and oxygen atoms in total. The van der Waals surface area contributed by atoms with Crippen LogP contribution in [0.3, 0.4) is 0 Å². The van der Waals surface area contributed by atoms with Gasteiger partial charge in [-0.15, -0.1) is 11.8 Å². The van der Waals surface area contributed by atoms with Crippen LogP contribution in [-0.4, -0.2) is 56.8 Å². The van der Waals surface area contributed by atoms with Crippen molar-refractivity contribution in [1.29, 1.82) is 0 Å². The molecule has 2 aliphatic heterocycles. The summed E-state index contributed by atoms with van der Waals surface area (Å²) in [6, 6.07) is -1.58. The van der Waals surface area contributed by atoms with Crippen molar-refractivity contribution in [3.05, 3.63) is 0 Å². The third-order valence-electron chi connectivity index (χ3n) is 3.50. The molecule has 2 unspecified atom stereocenters. The molecule has 8 heteroatoms. The number of carboxylic acid groups (broad SMARTS) is 1. The van der Waals surface area contributed by atoms with Crippen molar-refractivity contribution in [2.45, 2.75) is 49.9 Å². The molecule has 0 radical (unpaired) electrons. The first-order chi connectivity index (χ1) is 9.65. The van der Waals surface area contributed by atoms with Gasteiger partial charge in [-0.3, -0.25) is 4.79 Å². The molecule has 21 heavy (non-hydrogen) atoms. The molecule has 2 fully saturated rings. The first-order valence-corrected chi connectivity index (χ1v) is 7.69. The summed E-state index contributed by atoms with van der Waals surface area (Å²) in [5.41, 5.74) is 0. The Labute approximate surface area is 127 Å². The van der Waals surface area contributed by atoms with Crippen LogP contribution >= 0.6 is 11.8 Å². The van der Waals surface area contributed by atoms with Crippen molar-refractivity contribution in [2.75, 3.05) is 6.61 Å². The number of nitrogens with one attached hydrogen (secondary N) is 1. The van der Waals surface area contributed by atoms with E-state index in [1.807, 2.05) is 13.8 Å². The fourth-order valence-corrected chi connectivity index (χ4v) is 4.18. The summed E-state index contributed by atoms with van der Waals surface area (Å²) in [5.74, 6) is -1.18. The lowest BCUT2D eigenvalue weighted by Crippen LogP contribution is -2.70. The van der Waals surface area contributed by atoms with Crippen LogP contribution in [0.15, 0.2) is 0 Å². The monoisotopic (exact) mass is 316 g/mol. The molecule has 2 saturated heterocycles. The van der Waals surface area contributed by atoms with E-state index < -0.39 is 28.9 Å². The fourth-order valence-electron chi connectivity index (χ4n) is 2.56. The summed E-state index contributed by atoms with van der Waals surface area (Å²) in [7, 11) is 0. The van der Waals surface area contributed by atoms with Gasteiger partial charge in [-0.1, -0.05) is 13.8 Å². The van der Waals surface area contributed by atoms with E-state index in [0.29, 0.717) is 0 Å². The van der Waals surface area contributed by atoms with E-state index in [-0.39, 0.29) is 23.8 Å². The number of aliphatic carboxylic acids is 1. The zero-order valence-electron chi connectivity index (χ0n) is 12.5. The van der Waals surface area contributed by atoms with Gasteiger partial charge < -0.3 is 20.1 Å². The van der Waals surface area contributed by atoms with E-state index in [0.717, 1.165) is 0 Å². The molecule has 0 aromatic carbocycles. The van der Waals surface area contributed by atoms with E-state index in [9.17, 15) is 19.5 Å². The number of β-lactam (4-membered cyclic amide) rings is 1. The molecule has 118 valence electrons. The van der Waals surface area contributed by atoms with E-state index in [1.54, 1.807) is 13.8 Å². The van der Waals surface area contributed by atoms with Crippen LogP contribution in [0.25, 0.3) is 0 Å². The zero-order valence-corrected chi connectivity index (χ0v) is 13.3. The van der Waals surface area contributed by atoms with Gasteiger partial charge in [0.05, 0.1) is 6.61 Å². The average Bonchev–Trinajstić information content (AvgIpc) is 2.62. The Kier molecular flexibility index (Phi) is 4.10. The number of carboxylic acids is 1. The first kappa shape index (κ1) is 15.9. The lowest BCUT2D eigenvalue weighted by atomic mass is 9.96. The summed E-state index contributed by atoms with van der Waals surface area (Å²) >= 11 is 1.39. The Hall–Kier alpha value is -1.44. The molecule has 0 aromatic heterocycles. The maximum Gasteiger partial charge on any atom is 0.407 e. The predicted octanol–water partition coefficient (Wildman–Crippen LogP) is 0.884. The molecular formula is C13H20N2O5S. The van der Waals surface area contributed by atoms with Crippen molar-refractivity contribution in [3.63, 3.8) is 0 Å². The number of fused-ring (bicyclic) bond motifs is 1. The number of ether oxygens (including phenoxy) is 1. The quantitative estimate of drug-likeness (QED) is 0.748. The number of nitrogens with zero attached hydrogens (tertiary/aromatic N) is 1. The molecular weight excluding hydrogens is 296 g/mol. The standard InChI is InChI=1S/C13H20N2O5S/c1-6(2)5-20-12(19)14-7-9(16)15-8(11(17)18)13(3,4)21-10(7)15/h6-8,10H,5H2,1-4H3,(H,14,19)(H,17,18)/t7-,8?,10?/m1/s1. The maximum absolute atomic E-state index is 12.1. The van der Waals surface area contributed by atoms with Crippen LogP contribution in [0.2, 0.25) is 0 Å². The van der Waals surface area contributed by atoms with E-state index in [2.05, 4.69) is 5.32 Å². The molecule has 2 amide bonds. The van der Waals surface area contributed by atoms with Crippen molar-refractivity contribution < 1.29 is 24.2 Å². The Balaban J connectivity index is 2.00. The van der Waals surface area contributed by atoms with Crippen LogP contribution in [0.5, 0.6) is 0 Å². The highest BCUT2D eigenvalue weighted by atomic mass is 32.2. The highest BCUT2D eigenvalue weighted by molar-refractivity contribution is 8.01. The van der Waals surface area contributed by atoms with Gasteiger partial charge >= 0.3 is 12.1 Å². The second kappa shape index (κ2) is 5.40. The molecule has 0 aliphatic carbocycles. The third kappa shape index (κ3) is 2.81. The topological polar surface area (TPSA) is 95.9 Å². The van der Waals surface area contributed by atoms with Crippen molar-refractivity contribution in [1.82, 2.24) is 10.2 Å². The van der Waals surface area contributed by atoms with Crippen LogP contribution in [0, 0.1) is 5.92 Å². The molecule has 3 atom stereocenters. The predicted molar refractivity (Wildman–Crippen MR) is 76.8 cm³/mol. The second-order valence-corrected chi connectivity index (χ2v) is 7.98. The van der Waals surface area contributed by atoms with Gasteiger partial charge in [0.1, 0.15) is 17.5 Å². The number of hydrogen-bond acceptors (Lipinski definition) is 5. The SMILES string of the molecule is CC(C)COC(=O)N[C@@H]1C(=O)N2C1SC(C)(C)C2C(=O)O. The smallest absolute Gasteiger partial charge is 0.407 e. The Morgan fingerprint density at radius 3 is 2.62 bits per heavy atom. The van der Waals surface area contributed by atoms with Gasteiger partial charge in [0, 0.05) is 4.75 Å². The van der Waals surface area contributed by atoms with Crippen LogP contribution in [-0.2, 0) is 14.3 Å². The molecule has 0 saturated carbocycles. The molecule has 2 heterocycles. The largest absolute Gasteiger partial charge is 0.480 e. The van der Waals surface area contributed by atoms with Gasteiger partial charge in [-0.2, -0.15) is 0 Å². The Bertz CT molecular complexity index is 479. The number of thioether (sulfide) groups is 1. The van der Waals surface area contributed by atoms with Gasteiger partial charge in [0.2, 0.25) is 5.91 Å². The number of hydrogen-bond donors (Lipinski definition) is 2. The van der Waals surface area contributed by atoms with Gasteiger partial charge in [0.25, 0.3) is 0 Å². The van der Waals surface area contributed by atoms with Crippen molar-refractivity contribution in [3.8, 4) is 0 Å². The number of carbonyl (C=O) groups excluding carboxylic acids is 2. The van der Waals surface area contributed by atoms with Gasteiger partial charge in [-0.05, 0) is 19.8 Å². The minimum atomic E-state index is -1.02. The highest BCUT2D eigenvalue weighted by Gasteiger charge is 2.64. The zero-order chi connectivity index (χ0) is 15.9. The summed E-state index contributed by atoms with van der Waals surface area (Å²) in [4.78, 5) is 36.4. The molecule has 2 rings (SSSR count). The summed E-state index contributed by atoms with van der Waals surface area (Å²) in [6.45, 7) is 7.68. The van der Waals surface area contributed by atoms with Gasteiger partial charge in [0.15, 0.2) is 0 Å². The molecule has 2 aliphatic rings. The number of alkyl carbamates (subject to hydrolysis) is 1. The van der Waals surface area contributed by atoms with E-state index in [4.69, 9.17) is 4.74 Å². The van der Waals surface area contributed by atoms with E-state index >= 15 is 0 Å². The fraction of sp³-hybridized carbons (Fsp3) is 0.769. The van der Waals surface area contributed by atoms with Crippen LogP contribution in [0.4, 0.5) is 4.79 Å². The lowest BCUT2D eigenvalue weighted by molar-refractivity contribution is -0.160. The maximum atomic E-state index is 12.1.